The predicted octanol–water partition coefficient (Wildman–Crippen LogP) is 2.89. The van der Waals surface area contributed by atoms with Gasteiger partial charge in [0.25, 0.3) is 0 Å². The van der Waals surface area contributed by atoms with Crippen LogP contribution in [-0.2, 0) is 0 Å². The van der Waals surface area contributed by atoms with Crippen molar-refractivity contribution in [3.05, 3.63) is 0 Å². The van der Waals surface area contributed by atoms with Gasteiger partial charge in [0, 0.05) is 6.04 Å². The second-order valence-corrected chi connectivity index (χ2v) is 5.28. The van der Waals surface area contributed by atoms with Crippen LogP contribution in [-0.4, -0.2) is 37.1 Å². The monoisotopic (exact) mass is 226 g/mol. The van der Waals surface area contributed by atoms with E-state index in [-0.39, 0.29) is 0 Å². The molecule has 1 aliphatic rings. The molecule has 1 aliphatic carbocycles. The third-order valence-corrected chi connectivity index (χ3v) is 3.53. The predicted molar refractivity (Wildman–Crippen MR) is 71.8 cm³/mol. The van der Waals surface area contributed by atoms with Crippen LogP contribution in [0.5, 0.6) is 0 Å². The second kappa shape index (κ2) is 8.08. The molecule has 0 amide bonds. The highest BCUT2D eigenvalue weighted by atomic mass is 15.1. The van der Waals surface area contributed by atoms with E-state index in [4.69, 9.17) is 0 Å². The average Bonchev–Trinajstić information content (AvgIpc) is 3.08. The Kier molecular flexibility index (Phi) is 7.06. The minimum atomic E-state index is 0.755. The van der Waals surface area contributed by atoms with E-state index in [0.717, 1.165) is 12.0 Å². The van der Waals surface area contributed by atoms with Crippen LogP contribution in [0.3, 0.4) is 0 Å². The first kappa shape index (κ1) is 14.0. The first-order valence-electron chi connectivity index (χ1n) is 7.23. The van der Waals surface area contributed by atoms with Gasteiger partial charge in [0.1, 0.15) is 0 Å². The number of nitrogens with one attached hydrogen (secondary N) is 1. The van der Waals surface area contributed by atoms with Gasteiger partial charge in [-0.25, -0.2) is 0 Å². The van der Waals surface area contributed by atoms with E-state index in [1.54, 1.807) is 0 Å². The van der Waals surface area contributed by atoms with Crippen molar-refractivity contribution >= 4 is 0 Å². The van der Waals surface area contributed by atoms with Gasteiger partial charge in [0.05, 0.1) is 0 Å². The van der Waals surface area contributed by atoms with E-state index in [1.165, 1.54) is 58.3 Å². The summed E-state index contributed by atoms with van der Waals surface area (Å²) in [5.41, 5.74) is 0. The summed E-state index contributed by atoms with van der Waals surface area (Å²) in [6.07, 6.45) is 6.77. The smallest absolute Gasteiger partial charge is 0.00670 e. The van der Waals surface area contributed by atoms with Crippen molar-refractivity contribution in [2.45, 2.75) is 58.9 Å². The molecule has 16 heavy (non-hydrogen) atoms. The van der Waals surface area contributed by atoms with Crippen LogP contribution in [0.15, 0.2) is 0 Å². The van der Waals surface area contributed by atoms with Gasteiger partial charge in [-0.05, 0) is 71.1 Å². The normalized spacial score (nSPS) is 18.0. The molecule has 2 heteroatoms. The maximum atomic E-state index is 3.66. The van der Waals surface area contributed by atoms with Crippen LogP contribution in [0.1, 0.15) is 52.9 Å². The molecule has 1 unspecified atom stereocenters. The summed E-state index contributed by atoms with van der Waals surface area (Å²) in [6, 6.07) is 0.755. The zero-order valence-corrected chi connectivity index (χ0v) is 11.5. The highest BCUT2D eigenvalue weighted by Gasteiger charge is 2.27. The third kappa shape index (κ3) is 5.86. The highest BCUT2D eigenvalue weighted by Crippen LogP contribution is 2.32. The number of hydrogen-bond acceptors (Lipinski definition) is 2. The minimum Gasteiger partial charge on any atom is -0.314 e. The van der Waals surface area contributed by atoms with Crippen LogP contribution >= 0.6 is 0 Å². The van der Waals surface area contributed by atoms with Crippen molar-refractivity contribution in [2.75, 3.05) is 26.2 Å². The maximum absolute atomic E-state index is 3.66. The van der Waals surface area contributed by atoms with Crippen LogP contribution in [0.2, 0.25) is 0 Å². The van der Waals surface area contributed by atoms with Gasteiger partial charge in [-0.2, -0.15) is 0 Å². The van der Waals surface area contributed by atoms with E-state index < -0.39 is 0 Å². The fourth-order valence-corrected chi connectivity index (χ4v) is 2.36. The van der Waals surface area contributed by atoms with E-state index in [2.05, 4.69) is 31.0 Å². The molecule has 1 atom stereocenters. The number of rotatable bonds is 10. The van der Waals surface area contributed by atoms with Gasteiger partial charge in [-0.15, -0.1) is 0 Å². The Bertz CT molecular complexity index is 160. The summed E-state index contributed by atoms with van der Waals surface area (Å²) >= 11 is 0. The Labute approximate surface area is 102 Å². The molecule has 1 N–H and O–H groups in total. The number of hydrogen-bond donors (Lipinski definition) is 1. The molecule has 1 rings (SSSR count). The van der Waals surface area contributed by atoms with Crippen molar-refractivity contribution in [1.82, 2.24) is 10.2 Å². The molecule has 0 spiro atoms. The summed E-state index contributed by atoms with van der Waals surface area (Å²) in [7, 11) is 0. The molecule has 1 saturated carbocycles. The van der Waals surface area contributed by atoms with Crippen molar-refractivity contribution in [3.63, 3.8) is 0 Å². The summed E-state index contributed by atoms with van der Waals surface area (Å²) in [5, 5.41) is 3.66. The lowest BCUT2D eigenvalue weighted by molar-refractivity contribution is 0.268. The molecule has 96 valence electrons. The van der Waals surface area contributed by atoms with Crippen molar-refractivity contribution in [2.24, 2.45) is 5.92 Å². The molecule has 0 aromatic carbocycles. The first-order chi connectivity index (χ1) is 7.77. The molecule has 0 aromatic heterocycles. The average molecular weight is 226 g/mol. The minimum absolute atomic E-state index is 0.755. The Morgan fingerprint density at radius 3 is 2.25 bits per heavy atom. The first-order valence-corrected chi connectivity index (χ1v) is 7.23. The zero-order valence-electron chi connectivity index (χ0n) is 11.5. The fraction of sp³-hybridized carbons (Fsp3) is 1.00. The van der Waals surface area contributed by atoms with Gasteiger partial charge in [-0.3, -0.25) is 0 Å². The summed E-state index contributed by atoms with van der Waals surface area (Å²) in [5.74, 6) is 0.988. The second-order valence-electron chi connectivity index (χ2n) is 5.28. The van der Waals surface area contributed by atoms with Crippen LogP contribution in [0.4, 0.5) is 0 Å². The fourth-order valence-electron chi connectivity index (χ4n) is 2.36. The Morgan fingerprint density at radius 2 is 1.75 bits per heavy atom. The number of nitrogens with zero attached hydrogens (tertiary/aromatic N) is 1. The van der Waals surface area contributed by atoms with Crippen LogP contribution in [0, 0.1) is 5.92 Å². The lowest BCUT2D eigenvalue weighted by atomic mass is 10.2. The molecular formula is C14H30N2. The van der Waals surface area contributed by atoms with Crippen molar-refractivity contribution < 1.29 is 0 Å². The Hall–Kier alpha value is -0.0800. The molecule has 1 fully saturated rings. The van der Waals surface area contributed by atoms with Gasteiger partial charge in [0.2, 0.25) is 0 Å². The summed E-state index contributed by atoms with van der Waals surface area (Å²) < 4.78 is 0. The molecule has 0 bridgehead atoms. The Balaban J connectivity index is 1.98. The van der Waals surface area contributed by atoms with Gasteiger partial charge in [0.15, 0.2) is 0 Å². The molecule has 0 saturated heterocycles. The molecular weight excluding hydrogens is 196 g/mol. The van der Waals surface area contributed by atoms with Crippen LogP contribution in [0.25, 0.3) is 0 Å². The Morgan fingerprint density at radius 1 is 1.12 bits per heavy atom. The van der Waals surface area contributed by atoms with E-state index >= 15 is 0 Å². The van der Waals surface area contributed by atoms with E-state index in [0.29, 0.717) is 0 Å². The van der Waals surface area contributed by atoms with E-state index in [1.807, 2.05) is 0 Å². The van der Waals surface area contributed by atoms with Crippen LogP contribution < -0.4 is 5.32 Å². The summed E-state index contributed by atoms with van der Waals surface area (Å²) in [6.45, 7) is 11.9. The molecule has 2 nitrogen and oxygen atoms in total. The molecule has 0 aromatic rings. The van der Waals surface area contributed by atoms with E-state index in [9.17, 15) is 0 Å². The zero-order chi connectivity index (χ0) is 11.8. The largest absolute Gasteiger partial charge is 0.314 e. The lowest BCUT2D eigenvalue weighted by Gasteiger charge is -2.21. The highest BCUT2D eigenvalue weighted by molar-refractivity contribution is 4.83. The van der Waals surface area contributed by atoms with Gasteiger partial charge in [-0.1, -0.05) is 13.8 Å². The van der Waals surface area contributed by atoms with Crippen molar-refractivity contribution in [1.29, 1.82) is 0 Å². The molecule has 0 heterocycles. The maximum Gasteiger partial charge on any atom is 0.00670 e. The standard InChI is InChI=1S/C14H30N2/c1-4-10-16(11-5-2)12-6-9-15-13(3)14-7-8-14/h13-15H,4-12H2,1-3H3. The van der Waals surface area contributed by atoms with Crippen molar-refractivity contribution in [3.8, 4) is 0 Å². The van der Waals surface area contributed by atoms with Gasteiger partial charge < -0.3 is 10.2 Å². The SMILES string of the molecule is CCCN(CCC)CCCNC(C)C1CC1. The summed E-state index contributed by atoms with van der Waals surface area (Å²) in [4.78, 5) is 2.60. The molecule has 0 aliphatic heterocycles. The quantitative estimate of drug-likeness (QED) is 0.576. The van der Waals surface area contributed by atoms with Gasteiger partial charge >= 0.3 is 0 Å². The third-order valence-electron chi connectivity index (χ3n) is 3.53. The topological polar surface area (TPSA) is 15.3 Å². The molecule has 0 radical (unpaired) electrons. The lowest BCUT2D eigenvalue weighted by Crippen LogP contribution is -2.32.